The SMILES string of the molecule is O=C(O)c1cc(O)c2c(F)cccc2n1. The number of hydrogen-bond acceptors (Lipinski definition) is 3. The first-order valence-corrected chi connectivity index (χ1v) is 4.11. The lowest BCUT2D eigenvalue weighted by Crippen LogP contribution is -2.00. The molecule has 1 aromatic carbocycles. The number of aromatic carboxylic acids is 1. The van der Waals surface area contributed by atoms with E-state index in [4.69, 9.17) is 5.11 Å². The molecule has 0 saturated carbocycles. The zero-order chi connectivity index (χ0) is 11.0. The highest BCUT2D eigenvalue weighted by atomic mass is 19.1. The second kappa shape index (κ2) is 3.20. The number of hydrogen-bond donors (Lipinski definition) is 2. The van der Waals surface area contributed by atoms with Crippen LogP contribution >= 0.6 is 0 Å². The van der Waals surface area contributed by atoms with Crippen molar-refractivity contribution in [1.29, 1.82) is 0 Å². The number of halogens is 1. The van der Waals surface area contributed by atoms with Gasteiger partial charge in [0.2, 0.25) is 0 Å². The normalized spacial score (nSPS) is 10.5. The van der Waals surface area contributed by atoms with Crippen LogP contribution in [0.3, 0.4) is 0 Å². The fourth-order valence-corrected chi connectivity index (χ4v) is 1.33. The van der Waals surface area contributed by atoms with E-state index in [-0.39, 0.29) is 16.6 Å². The molecule has 1 heterocycles. The number of carboxylic acids is 1. The second-order valence-electron chi connectivity index (χ2n) is 2.97. The van der Waals surface area contributed by atoms with E-state index in [0.29, 0.717) is 0 Å². The predicted molar refractivity (Wildman–Crippen MR) is 50.3 cm³/mol. The average Bonchev–Trinajstić information content (AvgIpc) is 2.17. The molecule has 0 unspecified atom stereocenters. The van der Waals surface area contributed by atoms with Crippen LogP contribution in [0.5, 0.6) is 5.75 Å². The van der Waals surface area contributed by atoms with Crippen LogP contribution in [-0.4, -0.2) is 21.2 Å². The number of rotatable bonds is 1. The standard InChI is InChI=1S/C10H6FNO3/c11-5-2-1-3-6-9(5)8(13)4-7(12-6)10(14)15/h1-4H,(H,12,13)(H,14,15). The molecule has 15 heavy (non-hydrogen) atoms. The summed E-state index contributed by atoms with van der Waals surface area (Å²) < 4.78 is 13.2. The Kier molecular flexibility index (Phi) is 2.00. The molecule has 1 aromatic heterocycles. The largest absolute Gasteiger partial charge is 0.507 e. The van der Waals surface area contributed by atoms with Gasteiger partial charge < -0.3 is 10.2 Å². The lowest BCUT2D eigenvalue weighted by Gasteiger charge is -2.02. The van der Waals surface area contributed by atoms with Gasteiger partial charge in [-0.2, -0.15) is 0 Å². The van der Waals surface area contributed by atoms with Gasteiger partial charge in [-0.1, -0.05) is 6.07 Å². The van der Waals surface area contributed by atoms with Crippen molar-refractivity contribution in [3.05, 3.63) is 35.8 Å². The van der Waals surface area contributed by atoms with Gasteiger partial charge in [-0.3, -0.25) is 0 Å². The lowest BCUT2D eigenvalue weighted by atomic mass is 10.1. The molecule has 0 radical (unpaired) electrons. The molecule has 2 N–H and O–H groups in total. The Morgan fingerprint density at radius 2 is 2.13 bits per heavy atom. The summed E-state index contributed by atoms with van der Waals surface area (Å²) in [7, 11) is 0. The summed E-state index contributed by atoms with van der Waals surface area (Å²) in [4.78, 5) is 14.3. The second-order valence-corrected chi connectivity index (χ2v) is 2.97. The first-order valence-electron chi connectivity index (χ1n) is 4.11. The molecule has 0 amide bonds. The Balaban J connectivity index is 2.84. The molecule has 0 saturated heterocycles. The van der Waals surface area contributed by atoms with E-state index in [9.17, 15) is 14.3 Å². The number of nitrogens with zero attached hydrogens (tertiary/aromatic N) is 1. The third-order valence-corrected chi connectivity index (χ3v) is 1.98. The third-order valence-electron chi connectivity index (χ3n) is 1.98. The van der Waals surface area contributed by atoms with Gasteiger partial charge in [0.25, 0.3) is 0 Å². The molecule has 0 aliphatic rings. The summed E-state index contributed by atoms with van der Waals surface area (Å²) in [5.74, 6) is -2.32. The van der Waals surface area contributed by atoms with Gasteiger partial charge in [-0.25, -0.2) is 14.2 Å². The van der Waals surface area contributed by atoms with Crippen molar-refractivity contribution in [2.24, 2.45) is 0 Å². The first-order chi connectivity index (χ1) is 7.09. The van der Waals surface area contributed by atoms with E-state index in [2.05, 4.69) is 4.98 Å². The van der Waals surface area contributed by atoms with Crippen LogP contribution < -0.4 is 0 Å². The van der Waals surface area contributed by atoms with Gasteiger partial charge in [-0.15, -0.1) is 0 Å². The van der Waals surface area contributed by atoms with Crippen LogP contribution in [0.15, 0.2) is 24.3 Å². The summed E-state index contributed by atoms with van der Waals surface area (Å²) in [5, 5.41) is 18.0. The number of carboxylic acid groups (broad SMARTS) is 1. The minimum atomic E-state index is -1.27. The molecule has 0 spiro atoms. The van der Waals surface area contributed by atoms with Crippen LogP contribution in [0.25, 0.3) is 10.9 Å². The third kappa shape index (κ3) is 1.48. The summed E-state index contributed by atoms with van der Waals surface area (Å²) in [6, 6.07) is 4.93. The average molecular weight is 207 g/mol. The zero-order valence-electron chi connectivity index (χ0n) is 7.44. The van der Waals surface area contributed by atoms with Crippen LogP contribution in [0.1, 0.15) is 10.5 Å². The molecular weight excluding hydrogens is 201 g/mol. The van der Waals surface area contributed by atoms with Crippen molar-refractivity contribution >= 4 is 16.9 Å². The van der Waals surface area contributed by atoms with Gasteiger partial charge in [-0.05, 0) is 12.1 Å². The van der Waals surface area contributed by atoms with E-state index in [0.717, 1.165) is 6.07 Å². The topological polar surface area (TPSA) is 70.4 Å². The molecule has 0 bridgehead atoms. The molecule has 0 aliphatic carbocycles. The maximum absolute atomic E-state index is 13.2. The first kappa shape index (κ1) is 9.39. The fraction of sp³-hybridized carbons (Fsp3) is 0. The highest BCUT2D eigenvalue weighted by Gasteiger charge is 2.12. The van der Waals surface area contributed by atoms with Crippen molar-refractivity contribution in [1.82, 2.24) is 4.98 Å². The Labute approximate surface area is 83.6 Å². The van der Waals surface area contributed by atoms with Crippen molar-refractivity contribution in [3.8, 4) is 5.75 Å². The van der Waals surface area contributed by atoms with Crippen LogP contribution in [0.4, 0.5) is 4.39 Å². The lowest BCUT2D eigenvalue weighted by molar-refractivity contribution is 0.0690. The maximum Gasteiger partial charge on any atom is 0.354 e. The smallest absolute Gasteiger partial charge is 0.354 e. The van der Waals surface area contributed by atoms with Crippen LogP contribution in [-0.2, 0) is 0 Å². The summed E-state index contributed by atoms with van der Waals surface area (Å²) in [6.45, 7) is 0. The molecule has 0 atom stereocenters. The fourth-order valence-electron chi connectivity index (χ4n) is 1.33. The van der Waals surface area contributed by atoms with E-state index >= 15 is 0 Å². The minimum absolute atomic E-state index is 0.0671. The van der Waals surface area contributed by atoms with Gasteiger partial charge in [0.1, 0.15) is 11.6 Å². The number of pyridine rings is 1. The summed E-state index contributed by atoms with van der Waals surface area (Å²) >= 11 is 0. The van der Waals surface area contributed by atoms with Gasteiger partial charge in [0, 0.05) is 6.07 Å². The Hall–Kier alpha value is -2.17. The Morgan fingerprint density at radius 1 is 1.40 bits per heavy atom. The molecule has 0 fully saturated rings. The summed E-state index contributed by atoms with van der Waals surface area (Å²) in [6.07, 6.45) is 0. The number of carbonyl (C=O) groups is 1. The number of aromatic hydroxyl groups is 1. The van der Waals surface area contributed by atoms with E-state index in [1.54, 1.807) is 0 Å². The van der Waals surface area contributed by atoms with Crippen molar-refractivity contribution < 1.29 is 19.4 Å². The molecule has 5 heteroatoms. The van der Waals surface area contributed by atoms with Crippen LogP contribution in [0, 0.1) is 5.82 Å². The van der Waals surface area contributed by atoms with Gasteiger partial charge >= 0.3 is 5.97 Å². The Morgan fingerprint density at radius 3 is 2.80 bits per heavy atom. The van der Waals surface area contributed by atoms with Crippen molar-refractivity contribution in [2.75, 3.05) is 0 Å². The minimum Gasteiger partial charge on any atom is -0.507 e. The van der Waals surface area contributed by atoms with Crippen molar-refractivity contribution in [3.63, 3.8) is 0 Å². The number of benzene rings is 1. The van der Waals surface area contributed by atoms with E-state index in [1.807, 2.05) is 0 Å². The molecule has 2 aromatic rings. The maximum atomic E-state index is 13.2. The summed E-state index contributed by atoms with van der Waals surface area (Å²) in [5.41, 5.74) is -0.196. The van der Waals surface area contributed by atoms with E-state index < -0.39 is 17.5 Å². The molecular formula is C10H6FNO3. The highest BCUT2D eigenvalue weighted by molar-refractivity contribution is 5.93. The van der Waals surface area contributed by atoms with Gasteiger partial charge in [0.05, 0.1) is 10.9 Å². The molecule has 76 valence electrons. The number of fused-ring (bicyclic) bond motifs is 1. The molecule has 4 nitrogen and oxygen atoms in total. The monoisotopic (exact) mass is 207 g/mol. The zero-order valence-corrected chi connectivity index (χ0v) is 7.44. The van der Waals surface area contributed by atoms with E-state index in [1.165, 1.54) is 18.2 Å². The van der Waals surface area contributed by atoms with Gasteiger partial charge in [0.15, 0.2) is 5.69 Å². The van der Waals surface area contributed by atoms with Crippen molar-refractivity contribution in [2.45, 2.75) is 0 Å². The highest BCUT2D eigenvalue weighted by Crippen LogP contribution is 2.26. The van der Waals surface area contributed by atoms with Crippen LogP contribution in [0.2, 0.25) is 0 Å². The number of aromatic nitrogens is 1. The molecule has 0 aliphatic heterocycles. The Bertz CT molecular complexity index is 554. The predicted octanol–water partition coefficient (Wildman–Crippen LogP) is 1.78. The molecule has 2 rings (SSSR count). The quantitative estimate of drug-likeness (QED) is 0.747.